The van der Waals surface area contributed by atoms with Gasteiger partial charge in [-0.25, -0.2) is 12.8 Å². The predicted molar refractivity (Wildman–Crippen MR) is 113 cm³/mol. The fourth-order valence-electron chi connectivity index (χ4n) is 3.26. The summed E-state index contributed by atoms with van der Waals surface area (Å²) in [5, 5.41) is 2.96. The number of para-hydroxylation sites is 1. The third kappa shape index (κ3) is 4.98. The van der Waals surface area contributed by atoms with Gasteiger partial charge in [-0.15, -0.1) is 11.8 Å². The molecule has 0 aliphatic carbocycles. The molecule has 1 unspecified atom stereocenters. The SMILES string of the molecule is CSc1ccccc1NC(=O)C(C)N1CCN(S(=O)(=O)c2cccc(F)c2)CC1. The highest BCUT2D eigenvalue weighted by Crippen LogP contribution is 2.25. The monoisotopic (exact) mass is 437 g/mol. The Labute approximate surface area is 175 Å². The quantitative estimate of drug-likeness (QED) is 0.704. The molecule has 0 aromatic heterocycles. The Morgan fingerprint density at radius 2 is 1.79 bits per heavy atom. The van der Waals surface area contributed by atoms with Crippen LogP contribution in [-0.2, 0) is 14.8 Å². The lowest BCUT2D eigenvalue weighted by molar-refractivity contribution is -0.121. The van der Waals surface area contributed by atoms with Crippen LogP contribution in [-0.4, -0.2) is 62.0 Å². The Hall–Kier alpha value is -1.94. The van der Waals surface area contributed by atoms with Crippen molar-refractivity contribution in [3.05, 3.63) is 54.3 Å². The van der Waals surface area contributed by atoms with Gasteiger partial charge in [0.1, 0.15) is 5.82 Å². The van der Waals surface area contributed by atoms with Gasteiger partial charge in [0, 0.05) is 31.1 Å². The van der Waals surface area contributed by atoms with Crippen LogP contribution < -0.4 is 5.32 Å². The standard InChI is InChI=1S/C20H24FN3O3S2/c1-15(20(25)22-18-8-3-4-9-19(18)28-2)23-10-12-24(13-11-23)29(26,27)17-7-5-6-16(21)14-17/h3-9,14-15H,10-13H2,1-2H3,(H,22,25). The number of sulfonamides is 1. The van der Waals surface area contributed by atoms with Crippen LogP contribution in [0.25, 0.3) is 0 Å². The van der Waals surface area contributed by atoms with Crippen molar-refractivity contribution >= 4 is 33.4 Å². The summed E-state index contributed by atoms with van der Waals surface area (Å²) in [5.74, 6) is -0.714. The lowest BCUT2D eigenvalue weighted by Crippen LogP contribution is -2.53. The van der Waals surface area contributed by atoms with Crippen LogP contribution in [0.15, 0.2) is 58.3 Å². The molecule has 1 atom stereocenters. The molecular formula is C20H24FN3O3S2. The highest BCUT2D eigenvalue weighted by molar-refractivity contribution is 7.98. The molecule has 29 heavy (non-hydrogen) atoms. The third-order valence-corrected chi connectivity index (χ3v) is 7.69. The van der Waals surface area contributed by atoms with Crippen LogP contribution >= 0.6 is 11.8 Å². The van der Waals surface area contributed by atoms with Crippen molar-refractivity contribution < 1.29 is 17.6 Å². The number of nitrogens with one attached hydrogen (secondary N) is 1. The van der Waals surface area contributed by atoms with Gasteiger partial charge in [0.2, 0.25) is 15.9 Å². The molecule has 1 aliphatic heterocycles. The van der Waals surface area contributed by atoms with Gasteiger partial charge in [0.25, 0.3) is 0 Å². The molecule has 6 nitrogen and oxygen atoms in total. The average Bonchev–Trinajstić information content (AvgIpc) is 2.73. The molecule has 0 radical (unpaired) electrons. The smallest absolute Gasteiger partial charge is 0.243 e. The molecule has 0 bridgehead atoms. The molecule has 9 heteroatoms. The lowest BCUT2D eigenvalue weighted by atomic mass is 10.2. The molecule has 1 heterocycles. The lowest BCUT2D eigenvalue weighted by Gasteiger charge is -2.36. The number of carbonyl (C=O) groups is 1. The molecule has 1 N–H and O–H groups in total. The van der Waals surface area contributed by atoms with E-state index < -0.39 is 21.9 Å². The number of nitrogens with zero attached hydrogens (tertiary/aromatic N) is 2. The van der Waals surface area contributed by atoms with E-state index in [9.17, 15) is 17.6 Å². The van der Waals surface area contributed by atoms with Gasteiger partial charge in [0.05, 0.1) is 16.6 Å². The van der Waals surface area contributed by atoms with Crippen LogP contribution in [0, 0.1) is 5.82 Å². The first kappa shape index (κ1) is 21.8. The van der Waals surface area contributed by atoms with E-state index in [0.29, 0.717) is 13.1 Å². The molecule has 3 rings (SSSR count). The van der Waals surface area contributed by atoms with Crippen molar-refractivity contribution in [2.45, 2.75) is 22.8 Å². The highest BCUT2D eigenvalue weighted by atomic mass is 32.2. The number of carbonyl (C=O) groups excluding carboxylic acids is 1. The molecule has 2 aromatic rings. The van der Waals surface area contributed by atoms with E-state index in [1.54, 1.807) is 11.8 Å². The van der Waals surface area contributed by atoms with E-state index in [1.807, 2.05) is 42.3 Å². The van der Waals surface area contributed by atoms with E-state index in [1.165, 1.54) is 22.5 Å². The van der Waals surface area contributed by atoms with Crippen molar-refractivity contribution in [3.63, 3.8) is 0 Å². The zero-order valence-electron chi connectivity index (χ0n) is 16.3. The van der Waals surface area contributed by atoms with Crippen LogP contribution in [0.1, 0.15) is 6.92 Å². The van der Waals surface area contributed by atoms with Crippen LogP contribution in [0.5, 0.6) is 0 Å². The van der Waals surface area contributed by atoms with E-state index in [-0.39, 0.29) is 23.9 Å². The van der Waals surface area contributed by atoms with Gasteiger partial charge in [-0.2, -0.15) is 4.31 Å². The second kappa shape index (κ2) is 9.25. The number of thioether (sulfide) groups is 1. The first-order chi connectivity index (χ1) is 13.8. The normalized spacial score (nSPS) is 17.1. The summed E-state index contributed by atoms with van der Waals surface area (Å²) in [6.45, 7) is 3.16. The fourth-order valence-corrected chi connectivity index (χ4v) is 5.27. The minimum absolute atomic E-state index is 0.0505. The van der Waals surface area contributed by atoms with E-state index in [2.05, 4.69) is 5.32 Å². The summed E-state index contributed by atoms with van der Waals surface area (Å²) in [5.41, 5.74) is 0.768. The van der Waals surface area contributed by atoms with Gasteiger partial charge in [0.15, 0.2) is 0 Å². The summed E-state index contributed by atoms with van der Waals surface area (Å²) in [6.07, 6.45) is 1.95. The molecule has 2 aromatic carbocycles. The topological polar surface area (TPSA) is 69.7 Å². The maximum Gasteiger partial charge on any atom is 0.243 e. The van der Waals surface area contributed by atoms with Crippen molar-refractivity contribution in [3.8, 4) is 0 Å². The van der Waals surface area contributed by atoms with Gasteiger partial charge < -0.3 is 5.32 Å². The average molecular weight is 438 g/mol. The Balaban J connectivity index is 1.62. The molecule has 1 amide bonds. The Bertz CT molecular complexity index is 976. The van der Waals surface area contributed by atoms with Crippen molar-refractivity contribution in [1.29, 1.82) is 0 Å². The number of hydrogen-bond donors (Lipinski definition) is 1. The molecule has 1 saturated heterocycles. The molecule has 1 aliphatic rings. The van der Waals surface area contributed by atoms with Gasteiger partial charge >= 0.3 is 0 Å². The summed E-state index contributed by atoms with van der Waals surface area (Å²) in [7, 11) is -3.75. The van der Waals surface area contributed by atoms with Gasteiger partial charge in [-0.05, 0) is 43.5 Å². The minimum atomic E-state index is -3.75. The first-order valence-corrected chi connectivity index (χ1v) is 11.9. The summed E-state index contributed by atoms with van der Waals surface area (Å²) in [4.78, 5) is 15.6. The summed E-state index contributed by atoms with van der Waals surface area (Å²) in [6, 6.07) is 12.2. The number of amides is 1. The van der Waals surface area contributed by atoms with Crippen LogP contribution in [0.2, 0.25) is 0 Å². The van der Waals surface area contributed by atoms with E-state index in [4.69, 9.17) is 0 Å². The van der Waals surface area contributed by atoms with Crippen molar-refractivity contribution in [2.24, 2.45) is 0 Å². The Morgan fingerprint density at radius 1 is 1.10 bits per heavy atom. The number of rotatable bonds is 6. The maximum absolute atomic E-state index is 13.4. The second-order valence-electron chi connectivity index (χ2n) is 6.76. The van der Waals surface area contributed by atoms with Gasteiger partial charge in [-0.1, -0.05) is 18.2 Å². The Morgan fingerprint density at radius 3 is 2.45 bits per heavy atom. The van der Waals surface area contributed by atoms with Crippen molar-refractivity contribution in [1.82, 2.24) is 9.21 Å². The molecule has 156 valence electrons. The summed E-state index contributed by atoms with van der Waals surface area (Å²) < 4.78 is 40.2. The zero-order valence-corrected chi connectivity index (χ0v) is 18.0. The Kier molecular flexibility index (Phi) is 6.94. The maximum atomic E-state index is 13.4. The third-order valence-electron chi connectivity index (χ3n) is 5.00. The minimum Gasteiger partial charge on any atom is -0.324 e. The van der Waals surface area contributed by atoms with Crippen molar-refractivity contribution in [2.75, 3.05) is 37.8 Å². The number of hydrogen-bond acceptors (Lipinski definition) is 5. The van der Waals surface area contributed by atoms with Gasteiger partial charge in [-0.3, -0.25) is 9.69 Å². The molecule has 0 saturated carbocycles. The fraction of sp³-hybridized carbons (Fsp3) is 0.350. The van der Waals surface area contributed by atoms with Crippen LogP contribution in [0.3, 0.4) is 0 Å². The largest absolute Gasteiger partial charge is 0.324 e. The predicted octanol–water partition coefficient (Wildman–Crippen LogP) is 2.88. The van der Waals surface area contributed by atoms with Crippen LogP contribution in [0.4, 0.5) is 10.1 Å². The van der Waals surface area contributed by atoms with E-state index >= 15 is 0 Å². The number of benzene rings is 2. The number of anilines is 1. The number of halogens is 1. The van der Waals surface area contributed by atoms with E-state index in [0.717, 1.165) is 16.6 Å². The second-order valence-corrected chi connectivity index (χ2v) is 9.55. The first-order valence-electron chi connectivity index (χ1n) is 9.26. The number of piperazine rings is 1. The summed E-state index contributed by atoms with van der Waals surface area (Å²) >= 11 is 1.56. The molecule has 0 spiro atoms. The molecular weight excluding hydrogens is 413 g/mol. The molecule has 1 fully saturated rings. The highest BCUT2D eigenvalue weighted by Gasteiger charge is 2.32. The zero-order chi connectivity index (χ0) is 21.0.